The van der Waals surface area contributed by atoms with Crippen LogP contribution in [0.25, 0.3) is 0 Å². The van der Waals surface area contributed by atoms with Crippen molar-refractivity contribution < 1.29 is 27.8 Å². The van der Waals surface area contributed by atoms with Crippen LogP contribution < -0.4 is 4.74 Å². The number of pyridine rings is 1. The van der Waals surface area contributed by atoms with Crippen LogP contribution in [0.3, 0.4) is 0 Å². The monoisotopic (exact) mass is 275 g/mol. The van der Waals surface area contributed by atoms with Crippen LogP contribution >= 0.6 is 0 Å². The second kappa shape index (κ2) is 5.07. The molecular formula is C12H12F3NO3. The average molecular weight is 275 g/mol. The first-order chi connectivity index (χ1) is 8.87. The first kappa shape index (κ1) is 13.6. The van der Waals surface area contributed by atoms with Crippen LogP contribution in [0.4, 0.5) is 13.2 Å². The van der Waals surface area contributed by atoms with Crippen molar-refractivity contribution >= 4 is 5.97 Å². The van der Waals surface area contributed by atoms with Crippen LogP contribution in [0.15, 0.2) is 6.07 Å². The summed E-state index contributed by atoms with van der Waals surface area (Å²) in [6, 6.07) is 1.45. The molecule has 1 aromatic heterocycles. The van der Waals surface area contributed by atoms with Gasteiger partial charge in [0.2, 0.25) is 5.88 Å². The molecule has 104 valence electrons. The lowest BCUT2D eigenvalue weighted by Crippen LogP contribution is -2.15. The van der Waals surface area contributed by atoms with Gasteiger partial charge in [-0.25, -0.2) is 9.78 Å². The van der Waals surface area contributed by atoms with Gasteiger partial charge in [-0.3, -0.25) is 0 Å². The van der Waals surface area contributed by atoms with Gasteiger partial charge >= 0.3 is 12.1 Å². The molecule has 19 heavy (non-hydrogen) atoms. The zero-order valence-corrected chi connectivity index (χ0v) is 9.96. The molecule has 4 nitrogen and oxygen atoms in total. The van der Waals surface area contributed by atoms with E-state index in [1.807, 2.05) is 0 Å². The van der Waals surface area contributed by atoms with Gasteiger partial charge in [0.1, 0.15) is 5.56 Å². The number of alkyl halides is 3. The summed E-state index contributed by atoms with van der Waals surface area (Å²) in [5, 5.41) is 9.01. The molecule has 0 bridgehead atoms. The summed E-state index contributed by atoms with van der Waals surface area (Å²) in [7, 11) is 0. The second-order valence-corrected chi connectivity index (χ2v) is 4.32. The van der Waals surface area contributed by atoms with E-state index in [2.05, 4.69) is 4.98 Å². The maximum atomic E-state index is 12.0. The van der Waals surface area contributed by atoms with Crippen molar-refractivity contribution in [1.29, 1.82) is 0 Å². The minimum absolute atomic E-state index is 0.178. The van der Waals surface area contributed by atoms with Gasteiger partial charge in [-0.15, -0.1) is 0 Å². The Morgan fingerprint density at radius 2 is 2.16 bits per heavy atom. The normalized spacial score (nSPS) is 14.3. The predicted octanol–water partition coefficient (Wildman–Crippen LogP) is 2.60. The van der Waals surface area contributed by atoms with Gasteiger partial charge in [-0.2, -0.15) is 13.2 Å². The number of hydrogen-bond donors (Lipinski definition) is 1. The Bertz CT molecular complexity index is 500. The van der Waals surface area contributed by atoms with E-state index < -0.39 is 25.2 Å². The van der Waals surface area contributed by atoms with Crippen LogP contribution in [0.1, 0.15) is 34.5 Å². The van der Waals surface area contributed by atoms with E-state index in [4.69, 9.17) is 9.84 Å². The Morgan fingerprint density at radius 1 is 1.42 bits per heavy atom. The third kappa shape index (κ3) is 3.36. The minimum Gasteiger partial charge on any atom is -0.477 e. The first-order valence-electron chi connectivity index (χ1n) is 5.82. The number of aromatic nitrogens is 1. The number of aromatic carboxylic acids is 1. The quantitative estimate of drug-likeness (QED) is 0.917. The molecule has 0 amide bonds. The van der Waals surface area contributed by atoms with E-state index in [9.17, 15) is 18.0 Å². The van der Waals surface area contributed by atoms with Crippen molar-refractivity contribution in [3.8, 4) is 5.88 Å². The lowest BCUT2D eigenvalue weighted by molar-refractivity contribution is -0.139. The molecule has 0 radical (unpaired) electrons. The molecule has 0 aliphatic heterocycles. The second-order valence-electron chi connectivity index (χ2n) is 4.32. The molecular weight excluding hydrogens is 263 g/mol. The zero-order chi connectivity index (χ0) is 14.0. The maximum absolute atomic E-state index is 12.0. The molecule has 0 fully saturated rings. The van der Waals surface area contributed by atoms with Crippen molar-refractivity contribution in [2.24, 2.45) is 0 Å². The van der Waals surface area contributed by atoms with Gasteiger partial charge in [0, 0.05) is 5.69 Å². The third-order valence-corrected chi connectivity index (χ3v) is 2.87. The van der Waals surface area contributed by atoms with Crippen molar-refractivity contribution in [2.75, 3.05) is 6.61 Å². The molecule has 7 heteroatoms. The van der Waals surface area contributed by atoms with Gasteiger partial charge in [0.25, 0.3) is 0 Å². The Labute approximate surface area is 107 Å². The van der Waals surface area contributed by atoms with Crippen LogP contribution in [0, 0.1) is 0 Å². The molecule has 1 aromatic rings. The highest BCUT2D eigenvalue weighted by Gasteiger charge is 2.28. The fourth-order valence-electron chi connectivity index (χ4n) is 1.98. The topological polar surface area (TPSA) is 59.4 Å². The number of nitrogens with zero attached hydrogens (tertiary/aromatic N) is 1. The number of carbonyl (C=O) groups is 1. The molecule has 0 saturated heterocycles. The van der Waals surface area contributed by atoms with E-state index in [1.165, 1.54) is 6.07 Å². The number of rotatable bonds is 4. The molecule has 1 N–H and O–H groups in total. The molecule has 1 aliphatic rings. The highest BCUT2D eigenvalue weighted by Crippen LogP contribution is 2.27. The van der Waals surface area contributed by atoms with E-state index in [-0.39, 0.29) is 11.4 Å². The van der Waals surface area contributed by atoms with E-state index in [1.54, 1.807) is 0 Å². The van der Waals surface area contributed by atoms with Crippen molar-refractivity contribution in [1.82, 2.24) is 4.98 Å². The van der Waals surface area contributed by atoms with Gasteiger partial charge in [-0.05, 0) is 30.9 Å². The average Bonchev–Trinajstić information content (AvgIpc) is 2.72. The van der Waals surface area contributed by atoms with Crippen LogP contribution in [-0.2, 0) is 12.8 Å². The summed E-state index contributed by atoms with van der Waals surface area (Å²) >= 11 is 0. The Morgan fingerprint density at radius 3 is 2.79 bits per heavy atom. The molecule has 0 unspecified atom stereocenters. The number of carboxylic acids is 1. The molecule has 0 atom stereocenters. The fourth-order valence-corrected chi connectivity index (χ4v) is 1.98. The van der Waals surface area contributed by atoms with Gasteiger partial charge in [0.15, 0.2) is 0 Å². The molecule has 1 heterocycles. The number of carboxylic acid groups (broad SMARTS) is 1. The lowest BCUT2D eigenvalue weighted by atomic mass is 10.1. The van der Waals surface area contributed by atoms with E-state index >= 15 is 0 Å². The largest absolute Gasteiger partial charge is 0.477 e. The zero-order valence-electron chi connectivity index (χ0n) is 9.96. The standard InChI is InChI=1S/C12H12F3NO3/c13-12(14,15)4-5-19-10-8(11(17)18)6-7-2-1-3-9(7)16-10/h6H,1-5H2,(H,17,18). The van der Waals surface area contributed by atoms with Gasteiger partial charge in [-0.1, -0.05) is 0 Å². The Kier molecular flexibility index (Phi) is 3.64. The number of aryl methyl sites for hydroxylation is 2. The summed E-state index contributed by atoms with van der Waals surface area (Å²) in [5.41, 5.74) is 1.37. The highest BCUT2D eigenvalue weighted by molar-refractivity contribution is 5.90. The number of hydrogen-bond acceptors (Lipinski definition) is 3. The summed E-state index contributed by atoms with van der Waals surface area (Å²) in [6.45, 7) is -0.629. The van der Waals surface area contributed by atoms with Crippen LogP contribution in [0.5, 0.6) is 5.88 Å². The smallest absolute Gasteiger partial charge is 0.392 e. The Balaban J connectivity index is 2.16. The molecule has 2 rings (SSSR count). The summed E-state index contributed by atoms with van der Waals surface area (Å²) in [5.74, 6) is -1.47. The summed E-state index contributed by atoms with van der Waals surface area (Å²) < 4.78 is 40.9. The van der Waals surface area contributed by atoms with Gasteiger partial charge in [0.05, 0.1) is 13.0 Å². The highest BCUT2D eigenvalue weighted by atomic mass is 19.4. The summed E-state index contributed by atoms with van der Waals surface area (Å²) in [4.78, 5) is 15.1. The number of fused-ring (bicyclic) bond motifs is 1. The van der Waals surface area contributed by atoms with E-state index in [0.717, 1.165) is 18.4 Å². The van der Waals surface area contributed by atoms with Crippen molar-refractivity contribution in [2.45, 2.75) is 31.9 Å². The Hall–Kier alpha value is -1.79. The number of halogens is 3. The van der Waals surface area contributed by atoms with Crippen molar-refractivity contribution in [3.05, 3.63) is 22.9 Å². The number of ether oxygens (including phenoxy) is 1. The van der Waals surface area contributed by atoms with Crippen molar-refractivity contribution in [3.63, 3.8) is 0 Å². The molecule has 0 saturated carbocycles. The molecule has 1 aliphatic carbocycles. The lowest BCUT2D eigenvalue weighted by Gasteiger charge is -2.11. The van der Waals surface area contributed by atoms with Gasteiger partial charge < -0.3 is 9.84 Å². The predicted molar refractivity (Wildman–Crippen MR) is 59.4 cm³/mol. The molecule has 0 aromatic carbocycles. The maximum Gasteiger partial charge on any atom is 0.392 e. The van der Waals surface area contributed by atoms with E-state index in [0.29, 0.717) is 12.1 Å². The third-order valence-electron chi connectivity index (χ3n) is 2.87. The molecule has 0 spiro atoms. The summed E-state index contributed by atoms with van der Waals surface area (Å²) in [6.07, 6.45) is -3.16. The minimum atomic E-state index is -4.33. The first-order valence-corrected chi connectivity index (χ1v) is 5.82. The fraction of sp³-hybridized carbons (Fsp3) is 0.500. The van der Waals surface area contributed by atoms with Crippen LogP contribution in [0.2, 0.25) is 0 Å². The van der Waals surface area contributed by atoms with Crippen LogP contribution in [-0.4, -0.2) is 28.8 Å². The SMILES string of the molecule is O=C(O)c1cc2c(nc1OCCC(F)(F)F)CCC2.